The van der Waals surface area contributed by atoms with Crippen molar-refractivity contribution in [2.24, 2.45) is 0 Å². The Labute approximate surface area is 136 Å². The number of carbonyl (C=O) groups excluding carboxylic acids is 4. The zero-order chi connectivity index (χ0) is 18.3. The fourth-order valence-electron chi connectivity index (χ4n) is 0.929. The van der Waals surface area contributed by atoms with E-state index in [1.165, 1.54) is 13.8 Å². The minimum absolute atomic E-state index is 0.0324. The van der Waals surface area contributed by atoms with Crippen LogP contribution in [0.1, 0.15) is 33.6 Å². The van der Waals surface area contributed by atoms with Gasteiger partial charge in [-0.1, -0.05) is 20.1 Å². The fourth-order valence-corrected chi connectivity index (χ4v) is 0.929. The Hall–Kier alpha value is -2.44. The van der Waals surface area contributed by atoms with Crippen LogP contribution in [0.3, 0.4) is 0 Å². The molecule has 7 heteroatoms. The minimum atomic E-state index is -0.617. The van der Waals surface area contributed by atoms with Crippen molar-refractivity contribution in [2.45, 2.75) is 33.6 Å². The first kappa shape index (κ1) is 22.8. The summed E-state index contributed by atoms with van der Waals surface area (Å²) in [4.78, 5) is 42.4. The first-order valence-corrected chi connectivity index (χ1v) is 7.01. The van der Waals surface area contributed by atoms with Gasteiger partial charge in [0.2, 0.25) is 0 Å². The van der Waals surface area contributed by atoms with Gasteiger partial charge in [-0.25, -0.2) is 9.59 Å². The van der Waals surface area contributed by atoms with Crippen LogP contribution in [0.25, 0.3) is 0 Å². The monoisotopic (exact) mass is 328 g/mol. The molecule has 0 radical (unpaired) electrons. The molecule has 0 amide bonds. The SMILES string of the molecule is C=C(C)C(=O)OCCOC(=O)CC(C)=O.C=CC(=O)OCCC. The van der Waals surface area contributed by atoms with Crippen LogP contribution in [0.4, 0.5) is 0 Å². The maximum atomic E-state index is 10.8. The van der Waals surface area contributed by atoms with Crippen molar-refractivity contribution in [3.8, 4) is 0 Å². The maximum Gasteiger partial charge on any atom is 0.333 e. The van der Waals surface area contributed by atoms with E-state index in [1.807, 2.05) is 6.92 Å². The number of rotatable bonds is 9. The first-order valence-electron chi connectivity index (χ1n) is 7.01. The van der Waals surface area contributed by atoms with Crippen LogP contribution in [0, 0.1) is 0 Å². The molecule has 0 rings (SSSR count). The van der Waals surface area contributed by atoms with Crippen molar-refractivity contribution in [2.75, 3.05) is 19.8 Å². The van der Waals surface area contributed by atoms with Crippen molar-refractivity contribution in [1.29, 1.82) is 0 Å². The van der Waals surface area contributed by atoms with Gasteiger partial charge in [-0.05, 0) is 20.3 Å². The normalized spacial score (nSPS) is 8.83. The summed E-state index contributed by atoms with van der Waals surface area (Å²) in [7, 11) is 0. The molecule has 0 saturated carbocycles. The molecule has 0 heterocycles. The van der Waals surface area contributed by atoms with E-state index in [9.17, 15) is 19.2 Å². The number of ether oxygens (including phenoxy) is 3. The lowest BCUT2D eigenvalue weighted by molar-refractivity contribution is -0.151. The summed E-state index contributed by atoms with van der Waals surface area (Å²) in [5.74, 6) is -1.75. The van der Waals surface area contributed by atoms with Gasteiger partial charge >= 0.3 is 17.9 Å². The van der Waals surface area contributed by atoms with Gasteiger partial charge in [0.1, 0.15) is 25.4 Å². The molecule has 0 aliphatic carbocycles. The molecule has 0 aliphatic heterocycles. The summed E-state index contributed by atoms with van der Waals surface area (Å²) in [5, 5.41) is 0. The third kappa shape index (κ3) is 17.5. The van der Waals surface area contributed by atoms with Gasteiger partial charge in [-0.3, -0.25) is 9.59 Å². The number of esters is 3. The van der Waals surface area contributed by atoms with Gasteiger partial charge in [0.25, 0.3) is 0 Å². The number of Topliss-reactive ketones (excluding diaryl/α,β-unsaturated/α-hetero) is 1. The van der Waals surface area contributed by atoms with E-state index in [0.717, 1.165) is 12.5 Å². The van der Waals surface area contributed by atoms with Crippen molar-refractivity contribution < 1.29 is 33.4 Å². The molecule has 0 N–H and O–H groups in total. The third-order valence-electron chi connectivity index (χ3n) is 1.94. The smallest absolute Gasteiger partial charge is 0.333 e. The highest BCUT2D eigenvalue weighted by molar-refractivity contribution is 5.94. The van der Waals surface area contributed by atoms with Crippen LogP contribution in [0.5, 0.6) is 0 Å². The zero-order valence-corrected chi connectivity index (χ0v) is 13.9. The lowest BCUT2D eigenvalue weighted by Crippen LogP contribution is -2.15. The molecule has 0 spiro atoms. The summed E-state index contributed by atoms with van der Waals surface area (Å²) < 4.78 is 13.9. The van der Waals surface area contributed by atoms with E-state index in [4.69, 9.17) is 0 Å². The van der Waals surface area contributed by atoms with Crippen LogP contribution >= 0.6 is 0 Å². The van der Waals surface area contributed by atoms with Crippen LogP contribution in [-0.2, 0) is 33.4 Å². The summed E-state index contributed by atoms with van der Waals surface area (Å²) in [5.41, 5.74) is 0.282. The molecule has 7 nitrogen and oxygen atoms in total. The van der Waals surface area contributed by atoms with E-state index in [1.54, 1.807) is 0 Å². The number of carbonyl (C=O) groups is 4. The van der Waals surface area contributed by atoms with Crippen molar-refractivity contribution in [3.63, 3.8) is 0 Å². The second-order valence-corrected chi connectivity index (χ2v) is 4.39. The summed E-state index contributed by atoms with van der Waals surface area (Å²) in [6, 6.07) is 0. The van der Waals surface area contributed by atoms with Gasteiger partial charge in [-0.15, -0.1) is 0 Å². The molecule has 23 heavy (non-hydrogen) atoms. The maximum absolute atomic E-state index is 10.8. The molecule has 0 aromatic rings. The first-order chi connectivity index (χ1) is 10.7. The predicted molar refractivity (Wildman–Crippen MR) is 83.5 cm³/mol. The van der Waals surface area contributed by atoms with Gasteiger partial charge in [0.05, 0.1) is 6.61 Å². The molecule has 0 fully saturated rings. The largest absolute Gasteiger partial charge is 0.463 e. The van der Waals surface area contributed by atoms with Crippen LogP contribution in [-0.4, -0.2) is 43.5 Å². The van der Waals surface area contributed by atoms with E-state index in [0.29, 0.717) is 6.61 Å². The van der Waals surface area contributed by atoms with E-state index < -0.39 is 11.9 Å². The van der Waals surface area contributed by atoms with Crippen LogP contribution < -0.4 is 0 Å². The molecule has 130 valence electrons. The molecular formula is C16H24O7. The highest BCUT2D eigenvalue weighted by Crippen LogP contribution is 1.93. The summed E-state index contributed by atoms with van der Waals surface area (Å²) in [6.45, 7) is 11.8. The second kappa shape index (κ2) is 14.5. The van der Waals surface area contributed by atoms with Gasteiger partial charge in [0, 0.05) is 11.6 Å². The van der Waals surface area contributed by atoms with E-state index >= 15 is 0 Å². The van der Waals surface area contributed by atoms with E-state index in [-0.39, 0.29) is 37.0 Å². The minimum Gasteiger partial charge on any atom is -0.463 e. The molecule has 0 aromatic carbocycles. The van der Waals surface area contributed by atoms with Gasteiger partial charge in [-0.2, -0.15) is 0 Å². The Morgan fingerprint density at radius 3 is 1.96 bits per heavy atom. The summed E-state index contributed by atoms with van der Waals surface area (Å²) in [6.07, 6.45) is 1.77. The summed E-state index contributed by atoms with van der Waals surface area (Å²) >= 11 is 0. The Morgan fingerprint density at radius 2 is 1.52 bits per heavy atom. The quantitative estimate of drug-likeness (QED) is 0.209. The van der Waals surface area contributed by atoms with Crippen LogP contribution in [0.15, 0.2) is 24.8 Å². The van der Waals surface area contributed by atoms with E-state index in [2.05, 4.69) is 27.4 Å². The highest BCUT2D eigenvalue weighted by Gasteiger charge is 2.07. The van der Waals surface area contributed by atoms with Crippen molar-refractivity contribution in [3.05, 3.63) is 24.8 Å². The second-order valence-electron chi connectivity index (χ2n) is 4.39. The predicted octanol–water partition coefficient (Wildman–Crippen LogP) is 1.75. The average molecular weight is 328 g/mol. The Morgan fingerprint density at radius 1 is 0.957 bits per heavy atom. The standard InChI is InChI=1S/C10H14O5.C6H10O2/c1-7(2)10(13)15-5-4-14-9(12)6-8(3)11;1-3-5-8-6(7)4-2/h1,4-6H2,2-3H3;4H,2-3,5H2,1H3. The lowest BCUT2D eigenvalue weighted by Gasteiger charge is -2.05. The van der Waals surface area contributed by atoms with Crippen molar-refractivity contribution in [1.82, 2.24) is 0 Å². The zero-order valence-electron chi connectivity index (χ0n) is 13.9. The molecule has 0 atom stereocenters. The van der Waals surface area contributed by atoms with Crippen molar-refractivity contribution >= 4 is 23.7 Å². The molecule has 0 aliphatic rings. The molecular weight excluding hydrogens is 304 g/mol. The average Bonchev–Trinajstić information content (AvgIpc) is 2.48. The number of hydrogen-bond donors (Lipinski definition) is 0. The topological polar surface area (TPSA) is 96.0 Å². The molecule has 0 bridgehead atoms. The Bertz CT molecular complexity index is 438. The molecule has 0 saturated heterocycles. The number of hydrogen-bond acceptors (Lipinski definition) is 7. The number of ketones is 1. The molecule has 0 aromatic heterocycles. The third-order valence-corrected chi connectivity index (χ3v) is 1.94. The molecule has 0 unspecified atom stereocenters. The van der Waals surface area contributed by atoms with Gasteiger partial charge in [0.15, 0.2) is 0 Å². The lowest BCUT2D eigenvalue weighted by atomic mass is 10.3. The highest BCUT2D eigenvalue weighted by atomic mass is 16.6. The Kier molecular flexibility index (Phi) is 14.4. The van der Waals surface area contributed by atoms with Gasteiger partial charge < -0.3 is 14.2 Å². The fraction of sp³-hybridized carbons (Fsp3) is 0.500. The Balaban J connectivity index is 0. The van der Waals surface area contributed by atoms with Crippen LogP contribution in [0.2, 0.25) is 0 Å².